The molecule has 0 radical (unpaired) electrons. The summed E-state index contributed by atoms with van der Waals surface area (Å²) in [6.45, 7) is 7.38. The summed E-state index contributed by atoms with van der Waals surface area (Å²) >= 11 is 0. The largest absolute Gasteiger partial charge is 0.442 e. The summed E-state index contributed by atoms with van der Waals surface area (Å²) in [4.78, 5) is 12.5. The first kappa shape index (κ1) is 16.7. The fourth-order valence-electron chi connectivity index (χ4n) is 1.97. The molecule has 2 rings (SSSR count). The summed E-state index contributed by atoms with van der Waals surface area (Å²) in [7, 11) is 0. The highest BCUT2D eigenvalue weighted by Crippen LogP contribution is 2.19. The van der Waals surface area contributed by atoms with E-state index in [2.05, 4.69) is 5.10 Å². The van der Waals surface area contributed by atoms with Crippen LogP contribution in [0.3, 0.4) is 0 Å². The van der Waals surface area contributed by atoms with Gasteiger partial charge in [-0.1, -0.05) is 48.5 Å². The zero-order chi connectivity index (χ0) is 16.9. The average molecular weight is 310 g/mol. The Balaban J connectivity index is 2.36. The molecule has 0 aliphatic heterocycles. The van der Waals surface area contributed by atoms with Crippen molar-refractivity contribution in [1.29, 1.82) is 0 Å². The Labute approximate surface area is 137 Å². The second-order valence-corrected chi connectivity index (χ2v) is 6.18. The summed E-state index contributed by atoms with van der Waals surface area (Å²) in [5.74, 6) is 0. The van der Waals surface area contributed by atoms with E-state index < -0.39 is 11.7 Å². The van der Waals surface area contributed by atoms with E-state index in [0.717, 1.165) is 11.3 Å². The third-order valence-electron chi connectivity index (χ3n) is 3.01. The molecule has 0 N–H and O–H groups in total. The highest BCUT2D eigenvalue weighted by molar-refractivity contribution is 6.01. The molecule has 0 unspecified atom stereocenters. The van der Waals surface area contributed by atoms with Crippen LogP contribution in [0.25, 0.3) is 0 Å². The monoisotopic (exact) mass is 310 g/mol. The van der Waals surface area contributed by atoms with Gasteiger partial charge < -0.3 is 4.74 Å². The minimum absolute atomic E-state index is 0.501. The third-order valence-corrected chi connectivity index (χ3v) is 3.01. The molecule has 0 fully saturated rings. The van der Waals surface area contributed by atoms with Crippen molar-refractivity contribution in [1.82, 2.24) is 0 Å². The van der Waals surface area contributed by atoms with Crippen LogP contribution in [0.2, 0.25) is 0 Å². The first-order valence-corrected chi connectivity index (χ1v) is 7.55. The number of hydrogen-bond acceptors (Lipinski definition) is 3. The number of hydrogen-bond donors (Lipinski definition) is 0. The van der Waals surface area contributed by atoms with Crippen LogP contribution in [0.15, 0.2) is 65.8 Å². The SMILES string of the molecule is C/C(=N\N(C(=O)OC(C)(C)C)c1ccccc1)c1ccccc1. The Bertz CT molecular complexity index is 674. The van der Waals surface area contributed by atoms with Crippen LogP contribution >= 0.6 is 0 Å². The van der Waals surface area contributed by atoms with Gasteiger partial charge in [-0.05, 0) is 45.4 Å². The van der Waals surface area contributed by atoms with Gasteiger partial charge in [0.15, 0.2) is 0 Å². The zero-order valence-corrected chi connectivity index (χ0v) is 14.0. The molecular formula is C19H22N2O2. The first-order valence-electron chi connectivity index (χ1n) is 7.55. The molecule has 0 aromatic heterocycles. The van der Waals surface area contributed by atoms with E-state index in [1.54, 1.807) is 0 Å². The lowest BCUT2D eigenvalue weighted by Crippen LogP contribution is -2.34. The molecule has 0 saturated heterocycles. The van der Waals surface area contributed by atoms with Crippen LogP contribution in [0.1, 0.15) is 33.3 Å². The Morgan fingerprint density at radius 3 is 2.00 bits per heavy atom. The van der Waals surface area contributed by atoms with Crippen LogP contribution in [0.5, 0.6) is 0 Å². The molecule has 120 valence electrons. The Kier molecular flexibility index (Phi) is 5.16. The van der Waals surface area contributed by atoms with Gasteiger partial charge in [-0.3, -0.25) is 0 Å². The molecule has 0 saturated carbocycles. The number of anilines is 1. The van der Waals surface area contributed by atoms with Crippen molar-refractivity contribution in [2.75, 3.05) is 5.01 Å². The van der Waals surface area contributed by atoms with Gasteiger partial charge in [-0.25, -0.2) is 4.79 Å². The standard InChI is InChI=1S/C19H22N2O2/c1-15(16-11-7-5-8-12-16)20-21(17-13-9-6-10-14-17)18(22)23-19(2,3)4/h5-14H,1-4H3/b20-15+. The molecule has 2 aromatic carbocycles. The summed E-state index contributed by atoms with van der Waals surface area (Å²) in [5, 5.41) is 5.78. The molecule has 1 amide bonds. The van der Waals surface area contributed by atoms with Gasteiger partial charge in [0, 0.05) is 0 Å². The normalized spacial score (nSPS) is 11.9. The number of ether oxygens (including phenoxy) is 1. The van der Waals surface area contributed by atoms with E-state index in [0.29, 0.717) is 5.69 Å². The van der Waals surface area contributed by atoms with Gasteiger partial charge in [0.05, 0.1) is 11.4 Å². The number of amides is 1. The maximum Gasteiger partial charge on any atom is 0.435 e. The van der Waals surface area contributed by atoms with Gasteiger partial charge in [0.2, 0.25) is 0 Å². The highest BCUT2D eigenvalue weighted by atomic mass is 16.6. The van der Waals surface area contributed by atoms with Crippen LogP contribution in [0, 0.1) is 0 Å². The predicted molar refractivity (Wildman–Crippen MR) is 93.8 cm³/mol. The highest BCUT2D eigenvalue weighted by Gasteiger charge is 2.23. The van der Waals surface area contributed by atoms with Crippen LogP contribution in [-0.2, 0) is 4.74 Å². The van der Waals surface area contributed by atoms with Crippen LogP contribution < -0.4 is 5.01 Å². The Hall–Kier alpha value is -2.62. The predicted octanol–water partition coefficient (Wildman–Crippen LogP) is 4.85. The summed E-state index contributed by atoms with van der Waals surface area (Å²) in [5.41, 5.74) is 1.77. The van der Waals surface area contributed by atoms with Crippen molar-refractivity contribution >= 4 is 17.5 Å². The number of para-hydroxylation sites is 1. The maximum atomic E-state index is 12.5. The molecule has 2 aromatic rings. The smallest absolute Gasteiger partial charge is 0.435 e. The van der Waals surface area contributed by atoms with E-state index >= 15 is 0 Å². The molecule has 4 heteroatoms. The van der Waals surface area contributed by atoms with Crippen LogP contribution in [0.4, 0.5) is 10.5 Å². The van der Waals surface area contributed by atoms with Crippen LogP contribution in [-0.4, -0.2) is 17.4 Å². The van der Waals surface area contributed by atoms with Gasteiger partial charge in [-0.2, -0.15) is 10.1 Å². The lowest BCUT2D eigenvalue weighted by atomic mass is 10.1. The van der Waals surface area contributed by atoms with Crippen molar-refractivity contribution in [3.8, 4) is 0 Å². The molecule has 0 spiro atoms. The quantitative estimate of drug-likeness (QED) is 0.600. The second kappa shape index (κ2) is 7.09. The van der Waals surface area contributed by atoms with Crippen molar-refractivity contribution in [3.05, 3.63) is 66.2 Å². The topological polar surface area (TPSA) is 41.9 Å². The van der Waals surface area contributed by atoms with Gasteiger partial charge in [0.1, 0.15) is 5.60 Å². The molecule has 23 heavy (non-hydrogen) atoms. The molecule has 0 heterocycles. The zero-order valence-electron chi connectivity index (χ0n) is 14.0. The molecule has 0 aliphatic rings. The molecular weight excluding hydrogens is 288 g/mol. The third kappa shape index (κ3) is 4.95. The number of rotatable bonds is 3. The molecule has 4 nitrogen and oxygen atoms in total. The number of benzene rings is 2. The summed E-state index contributed by atoms with van der Waals surface area (Å²) in [6, 6.07) is 19.0. The minimum atomic E-state index is -0.583. The number of hydrazone groups is 1. The van der Waals surface area contributed by atoms with Gasteiger partial charge >= 0.3 is 6.09 Å². The van der Waals surface area contributed by atoms with E-state index in [4.69, 9.17) is 4.74 Å². The van der Waals surface area contributed by atoms with Gasteiger partial charge in [0.25, 0.3) is 0 Å². The van der Waals surface area contributed by atoms with Gasteiger partial charge in [-0.15, -0.1) is 0 Å². The number of carbonyl (C=O) groups is 1. The van der Waals surface area contributed by atoms with E-state index in [-0.39, 0.29) is 0 Å². The van der Waals surface area contributed by atoms with Crippen molar-refractivity contribution < 1.29 is 9.53 Å². The molecule has 0 atom stereocenters. The lowest BCUT2D eigenvalue weighted by Gasteiger charge is -2.24. The van der Waals surface area contributed by atoms with Crippen molar-refractivity contribution in [3.63, 3.8) is 0 Å². The molecule has 0 aliphatic carbocycles. The van der Waals surface area contributed by atoms with E-state index in [1.165, 1.54) is 5.01 Å². The Morgan fingerprint density at radius 1 is 0.957 bits per heavy atom. The Morgan fingerprint density at radius 2 is 1.48 bits per heavy atom. The number of carbonyl (C=O) groups excluding carboxylic acids is 1. The van der Waals surface area contributed by atoms with E-state index in [1.807, 2.05) is 88.4 Å². The van der Waals surface area contributed by atoms with Crippen molar-refractivity contribution in [2.45, 2.75) is 33.3 Å². The average Bonchev–Trinajstić information content (AvgIpc) is 2.52. The fraction of sp³-hybridized carbons (Fsp3) is 0.263. The minimum Gasteiger partial charge on any atom is -0.442 e. The van der Waals surface area contributed by atoms with E-state index in [9.17, 15) is 4.79 Å². The first-order chi connectivity index (χ1) is 10.9. The fourth-order valence-corrected chi connectivity index (χ4v) is 1.97. The lowest BCUT2D eigenvalue weighted by molar-refractivity contribution is 0.0581. The maximum absolute atomic E-state index is 12.5. The number of nitrogens with zero attached hydrogens (tertiary/aromatic N) is 2. The van der Waals surface area contributed by atoms with Crippen molar-refractivity contribution in [2.24, 2.45) is 5.10 Å². The second-order valence-electron chi connectivity index (χ2n) is 6.18. The summed E-state index contributed by atoms with van der Waals surface area (Å²) in [6.07, 6.45) is -0.501. The molecule has 0 bridgehead atoms. The summed E-state index contributed by atoms with van der Waals surface area (Å²) < 4.78 is 5.47.